The first-order chi connectivity index (χ1) is 12.8. The van der Waals surface area contributed by atoms with E-state index >= 15 is 0 Å². The number of hydrogen-bond donors (Lipinski definition) is 0. The van der Waals surface area contributed by atoms with Gasteiger partial charge >= 0.3 is 0 Å². The summed E-state index contributed by atoms with van der Waals surface area (Å²) in [5, 5.41) is 9.47. The van der Waals surface area contributed by atoms with E-state index in [2.05, 4.69) is 16.3 Å². The first kappa shape index (κ1) is 16.5. The summed E-state index contributed by atoms with van der Waals surface area (Å²) in [5.74, 6) is 3.79. The van der Waals surface area contributed by atoms with Gasteiger partial charge < -0.3 is 13.6 Å². The first-order valence-electron chi connectivity index (χ1n) is 8.08. The SMILES string of the molecule is COc1cccc(CSc2nnc(-c3ccco3)n2Cc2ccco2)c1. The molecule has 0 radical (unpaired) electrons. The molecule has 0 spiro atoms. The molecule has 0 aliphatic heterocycles. The van der Waals surface area contributed by atoms with Gasteiger partial charge in [0.25, 0.3) is 0 Å². The van der Waals surface area contributed by atoms with Crippen LogP contribution in [0, 0.1) is 0 Å². The lowest BCUT2D eigenvalue weighted by Gasteiger charge is -2.08. The second kappa shape index (κ2) is 7.53. The molecule has 132 valence electrons. The van der Waals surface area contributed by atoms with Crippen molar-refractivity contribution in [1.82, 2.24) is 14.8 Å². The quantitative estimate of drug-likeness (QED) is 0.449. The van der Waals surface area contributed by atoms with E-state index in [0.29, 0.717) is 18.1 Å². The van der Waals surface area contributed by atoms with Gasteiger partial charge in [-0.05, 0) is 42.0 Å². The molecular weight excluding hydrogens is 350 g/mol. The van der Waals surface area contributed by atoms with Gasteiger partial charge in [0.15, 0.2) is 10.9 Å². The minimum absolute atomic E-state index is 0.538. The van der Waals surface area contributed by atoms with Crippen molar-refractivity contribution < 1.29 is 13.6 Å². The fraction of sp³-hybridized carbons (Fsp3) is 0.158. The fourth-order valence-corrected chi connectivity index (χ4v) is 3.48. The smallest absolute Gasteiger partial charge is 0.200 e. The molecule has 6 nitrogen and oxygen atoms in total. The molecule has 0 N–H and O–H groups in total. The van der Waals surface area contributed by atoms with Crippen LogP contribution in [0.15, 0.2) is 75.0 Å². The average molecular weight is 367 g/mol. The van der Waals surface area contributed by atoms with Crippen LogP contribution in [0.4, 0.5) is 0 Å². The van der Waals surface area contributed by atoms with Crippen LogP contribution >= 0.6 is 11.8 Å². The van der Waals surface area contributed by atoms with E-state index in [1.54, 1.807) is 31.4 Å². The van der Waals surface area contributed by atoms with Crippen molar-refractivity contribution in [2.24, 2.45) is 0 Å². The number of benzene rings is 1. The summed E-state index contributed by atoms with van der Waals surface area (Å²) in [7, 11) is 1.67. The molecule has 1 aromatic carbocycles. The van der Waals surface area contributed by atoms with Crippen molar-refractivity contribution in [3.05, 3.63) is 72.4 Å². The summed E-state index contributed by atoms with van der Waals surface area (Å²) < 4.78 is 18.3. The lowest BCUT2D eigenvalue weighted by Crippen LogP contribution is -2.03. The molecule has 7 heteroatoms. The molecule has 4 aromatic rings. The normalized spacial score (nSPS) is 11.0. The lowest BCUT2D eigenvalue weighted by molar-refractivity contribution is 0.414. The summed E-state index contributed by atoms with van der Waals surface area (Å²) in [5.41, 5.74) is 1.15. The molecular formula is C19H17N3O3S. The highest BCUT2D eigenvalue weighted by molar-refractivity contribution is 7.98. The van der Waals surface area contributed by atoms with Crippen molar-refractivity contribution in [3.8, 4) is 17.3 Å². The van der Waals surface area contributed by atoms with Crippen molar-refractivity contribution in [3.63, 3.8) is 0 Å². The van der Waals surface area contributed by atoms with E-state index < -0.39 is 0 Å². The molecule has 0 bridgehead atoms. The van der Waals surface area contributed by atoms with Gasteiger partial charge in [0.2, 0.25) is 5.82 Å². The molecule has 3 heterocycles. The number of rotatable bonds is 7. The van der Waals surface area contributed by atoms with Gasteiger partial charge in [-0.1, -0.05) is 23.9 Å². The van der Waals surface area contributed by atoms with Crippen molar-refractivity contribution in [2.75, 3.05) is 7.11 Å². The number of aromatic nitrogens is 3. The van der Waals surface area contributed by atoms with E-state index in [1.165, 1.54) is 0 Å². The van der Waals surface area contributed by atoms with Gasteiger partial charge in [0.1, 0.15) is 11.5 Å². The fourth-order valence-electron chi connectivity index (χ4n) is 2.59. The van der Waals surface area contributed by atoms with Crippen LogP contribution in [0.1, 0.15) is 11.3 Å². The zero-order valence-electron chi connectivity index (χ0n) is 14.2. The molecule has 0 aliphatic carbocycles. The topological polar surface area (TPSA) is 66.2 Å². The predicted octanol–water partition coefficient (Wildman–Crippen LogP) is 4.48. The maximum absolute atomic E-state index is 5.51. The molecule has 0 saturated heterocycles. The van der Waals surface area contributed by atoms with Crippen LogP contribution in [-0.4, -0.2) is 21.9 Å². The van der Waals surface area contributed by atoms with Gasteiger partial charge in [-0.2, -0.15) is 0 Å². The third-order valence-electron chi connectivity index (χ3n) is 3.85. The molecule has 3 aromatic heterocycles. The summed E-state index contributed by atoms with van der Waals surface area (Å²) in [6, 6.07) is 15.5. The molecule has 0 saturated carbocycles. The van der Waals surface area contributed by atoms with Crippen LogP contribution in [-0.2, 0) is 12.3 Å². The third-order valence-corrected chi connectivity index (χ3v) is 4.89. The number of nitrogens with zero attached hydrogens (tertiary/aromatic N) is 3. The summed E-state index contributed by atoms with van der Waals surface area (Å²) in [6.45, 7) is 0.538. The van der Waals surface area contributed by atoms with Crippen LogP contribution < -0.4 is 4.74 Å². The number of furan rings is 2. The van der Waals surface area contributed by atoms with Crippen molar-refractivity contribution in [2.45, 2.75) is 17.5 Å². The van der Waals surface area contributed by atoms with Crippen LogP contribution in [0.3, 0.4) is 0 Å². The van der Waals surface area contributed by atoms with E-state index in [-0.39, 0.29) is 0 Å². The second-order valence-electron chi connectivity index (χ2n) is 5.59. The Kier molecular flexibility index (Phi) is 4.79. The minimum Gasteiger partial charge on any atom is -0.497 e. The molecule has 0 atom stereocenters. The Hall–Kier alpha value is -2.93. The van der Waals surface area contributed by atoms with Gasteiger partial charge in [-0.15, -0.1) is 10.2 Å². The second-order valence-corrected chi connectivity index (χ2v) is 6.53. The molecule has 0 fully saturated rings. The average Bonchev–Trinajstić information content (AvgIpc) is 3.43. The van der Waals surface area contributed by atoms with Gasteiger partial charge in [-0.3, -0.25) is 4.57 Å². The highest BCUT2D eigenvalue weighted by Crippen LogP contribution is 2.28. The predicted molar refractivity (Wildman–Crippen MR) is 98.1 cm³/mol. The van der Waals surface area contributed by atoms with Crippen LogP contribution in [0.2, 0.25) is 0 Å². The Morgan fingerprint density at radius 1 is 1.04 bits per heavy atom. The molecule has 0 amide bonds. The van der Waals surface area contributed by atoms with E-state index in [4.69, 9.17) is 13.6 Å². The standard InChI is InChI=1S/C19H17N3O3S/c1-23-15-6-2-5-14(11-15)13-26-19-21-20-18(17-8-4-10-25-17)22(19)12-16-7-3-9-24-16/h2-11H,12-13H2,1H3. The van der Waals surface area contributed by atoms with E-state index in [1.807, 2.05) is 47.0 Å². The zero-order chi connectivity index (χ0) is 17.8. The van der Waals surface area contributed by atoms with Gasteiger partial charge in [0, 0.05) is 5.75 Å². The highest BCUT2D eigenvalue weighted by Gasteiger charge is 2.17. The molecule has 26 heavy (non-hydrogen) atoms. The first-order valence-corrected chi connectivity index (χ1v) is 9.07. The van der Waals surface area contributed by atoms with Crippen molar-refractivity contribution >= 4 is 11.8 Å². The third kappa shape index (κ3) is 3.52. The highest BCUT2D eigenvalue weighted by atomic mass is 32.2. The number of methoxy groups -OCH3 is 1. The Labute approximate surface area is 154 Å². The molecule has 0 aliphatic rings. The Balaban J connectivity index is 1.60. The monoisotopic (exact) mass is 367 g/mol. The van der Waals surface area contributed by atoms with E-state index in [9.17, 15) is 0 Å². The van der Waals surface area contributed by atoms with E-state index in [0.717, 1.165) is 28.0 Å². The molecule has 0 unspecified atom stereocenters. The van der Waals surface area contributed by atoms with Gasteiger partial charge in [0.05, 0.1) is 26.2 Å². The largest absolute Gasteiger partial charge is 0.497 e. The maximum Gasteiger partial charge on any atom is 0.200 e. The Bertz CT molecular complexity index is 962. The number of thioether (sulfide) groups is 1. The number of ether oxygens (including phenoxy) is 1. The Morgan fingerprint density at radius 3 is 2.69 bits per heavy atom. The lowest BCUT2D eigenvalue weighted by atomic mass is 10.2. The summed E-state index contributed by atoms with van der Waals surface area (Å²) in [4.78, 5) is 0. The zero-order valence-corrected chi connectivity index (χ0v) is 15.0. The van der Waals surface area contributed by atoms with Crippen LogP contribution in [0.5, 0.6) is 5.75 Å². The van der Waals surface area contributed by atoms with Crippen molar-refractivity contribution in [1.29, 1.82) is 0 Å². The summed E-state index contributed by atoms with van der Waals surface area (Å²) >= 11 is 1.61. The Morgan fingerprint density at radius 2 is 1.92 bits per heavy atom. The molecule has 4 rings (SSSR count). The van der Waals surface area contributed by atoms with Gasteiger partial charge in [-0.25, -0.2) is 0 Å². The maximum atomic E-state index is 5.51. The summed E-state index contributed by atoms with van der Waals surface area (Å²) in [6.07, 6.45) is 3.29. The number of hydrogen-bond acceptors (Lipinski definition) is 6. The minimum atomic E-state index is 0.538. The van der Waals surface area contributed by atoms with Crippen LogP contribution in [0.25, 0.3) is 11.6 Å².